The number of nitrogen functional groups attached to an aromatic ring is 1. The molecule has 0 amide bonds. The summed E-state index contributed by atoms with van der Waals surface area (Å²) in [6.07, 6.45) is 0. The average Bonchev–Trinajstić information content (AvgIpc) is 2.84. The first-order valence-corrected chi connectivity index (χ1v) is 6.59. The van der Waals surface area contributed by atoms with E-state index in [0.29, 0.717) is 11.3 Å². The highest BCUT2D eigenvalue weighted by Crippen LogP contribution is 2.35. The summed E-state index contributed by atoms with van der Waals surface area (Å²) in [5.41, 5.74) is 7.06. The minimum Gasteiger partial charge on any atom is -0.465 e. The number of rotatable bonds is 3. The van der Waals surface area contributed by atoms with Crippen molar-refractivity contribution in [3.63, 3.8) is 0 Å². The summed E-state index contributed by atoms with van der Waals surface area (Å²) >= 11 is 3.19. The maximum absolute atomic E-state index is 11.4. The molecule has 0 bridgehead atoms. The van der Waals surface area contributed by atoms with E-state index in [4.69, 9.17) is 5.73 Å². The zero-order valence-corrected chi connectivity index (χ0v) is 10.8. The topological polar surface area (TPSA) is 52.3 Å². The largest absolute Gasteiger partial charge is 0.465 e. The summed E-state index contributed by atoms with van der Waals surface area (Å²) in [5.74, 6) is -0.349. The van der Waals surface area contributed by atoms with Gasteiger partial charge in [0.25, 0.3) is 0 Å². The number of anilines is 1. The number of esters is 1. The van der Waals surface area contributed by atoms with Crippen LogP contribution in [0.2, 0.25) is 0 Å². The lowest BCUT2D eigenvalue weighted by Crippen LogP contribution is -2.02. The van der Waals surface area contributed by atoms with Crippen LogP contribution in [0.3, 0.4) is 0 Å². The van der Waals surface area contributed by atoms with Gasteiger partial charge in [0.15, 0.2) is 0 Å². The molecule has 1 aromatic heterocycles. The lowest BCUT2D eigenvalue weighted by atomic mass is 10.2. The maximum atomic E-state index is 11.4. The molecule has 3 nitrogen and oxygen atoms in total. The van der Waals surface area contributed by atoms with E-state index in [2.05, 4.69) is 4.74 Å². The maximum Gasteiger partial charge on any atom is 0.337 e. The third-order valence-corrected chi connectivity index (χ3v) is 4.25. The number of carbonyl (C=O) groups excluding carboxylic acids is 1. The molecule has 2 aromatic rings. The van der Waals surface area contributed by atoms with E-state index in [-0.39, 0.29) is 5.97 Å². The second kappa shape index (κ2) is 5.25. The highest BCUT2D eigenvalue weighted by atomic mass is 32.2. The van der Waals surface area contributed by atoms with Gasteiger partial charge >= 0.3 is 5.97 Å². The Morgan fingerprint density at radius 3 is 2.88 bits per heavy atom. The van der Waals surface area contributed by atoms with Gasteiger partial charge in [-0.3, -0.25) is 0 Å². The summed E-state index contributed by atoms with van der Waals surface area (Å²) in [4.78, 5) is 12.3. The zero-order chi connectivity index (χ0) is 12.3. The number of benzene rings is 1. The summed E-state index contributed by atoms with van der Waals surface area (Å²) in [7, 11) is 1.37. The summed E-state index contributed by atoms with van der Waals surface area (Å²) in [6, 6.07) is 9.14. The van der Waals surface area contributed by atoms with Crippen molar-refractivity contribution in [1.82, 2.24) is 0 Å². The third-order valence-electron chi connectivity index (χ3n) is 2.14. The Hall–Kier alpha value is -1.46. The van der Waals surface area contributed by atoms with Gasteiger partial charge in [0.1, 0.15) is 0 Å². The Kier molecular flexibility index (Phi) is 3.71. The minimum atomic E-state index is -0.349. The molecule has 0 saturated heterocycles. The van der Waals surface area contributed by atoms with E-state index < -0.39 is 0 Å². The molecule has 1 aromatic carbocycles. The monoisotopic (exact) mass is 265 g/mol. The number of methoxy groups -OCH3 is 1. The van der Waals surface area contributed by atoms with Crippen molar-refractivity contribution in [2.75, 3.05) is 12.8 Å². The van der Waals surface area contributed by atoms with Gasteiger partial charge in [0.2, 0.25) is 0 Å². The van der Waals surface area contributed by atoms with Crippen LogP contribution in [0, 0.1) is 0 Å². The first-order valence-electron chi connectivity index (χ1n) is 4.90. The number of carbonyl (C=O) groups is 1. The fourth-order valence-corrected chi connectivity index (χ4v) is 3.11. The van der Waals surface area contributed by atoms with Crippen molar-refractivity contribution in [3.8, 4) is 0 Å². The molecular formula is C12H11NO2S2. The molecule has 1 heterocycles. The molecule has 5 heteroatoms. The minimum absolute atomic E-state index is 0.349. The molecule has 0 unspecified atom stereocenters. The molecule has 0 aliphatic rings. The molecule has 0 spiro atoms. The van der Waals surface area contributed by atoms with Gasteiger partial charge < -0.3 is 10.5 Å². The molecule has 17 heavy (non-hydrogen) atoms. The van der Waals surface area contributed by atoms with Crippen LogP contribution in [-0.2, 0) is 4.74 Å². The molecule has 0 saturated carbocycles. The molecule has 88 valence electrons. The van der Waals surface area contributed by atoms with Crippen molar-refractivity contribution in [1.29, 1.82) is 0 Å². The second-order valence-electron chi connectivity index (χ2n) is 3.28. The number of ether oxygens (including phenoxy) is 1. The van der Waals surface area contributed by atoms with Crippen LogP contribution < -0.4 is 5.73 Å². The molecule has 2 rings (SSSR count). The summed E-state index contributed by atoms with van der Waals surface area (Å²) in [6.45, 7) is 0. The van der Waals surface area contributed by atoms with Gasteiger partial charge in [-0.15, -0.1) is 11.3 Å². The van der Waals surface area contributed by atoms with Gasteiger partial charge in [-0.05, 0) is 29.6 Å². The molecule has 2 N–H and O–H groups in total. The van der Waals surface area contributed by atoms with E-state index in [0.717, 1.165) is 9.10 Å². The fourth-order valence-electron chi connectivity index (χ4n) is 1.30. The van der Waals surface area contributed by atoms with Crippen LogP contribution in [0.15, 0.2) is 44.8 Å². The van der Waals surface area contributed by atoms with Crippen LogP contribution in [0.4, 0.5) is 5.69 Å². The lowest BCUT2D eigenvalue weighted by molar-refractivity contribution is 0.0600. The van der Waals surface area contributed by atoms with Crippen molar-refractivity contribution in [2.45, 2.75) is 9.10 Å². The quantitative estimate of drug-likeness (QED) is 0.683. The molecule has 0 aliphatic heterocycles. The Balaban J connectivity index is 2.29. The highest BCUT2D eigenvalue weighted by Gasteiger charge is 2.09. The van der Waals surface area contributed by atoms with E-state index in [1.54, 1.807) is 41.3 Å². The van der Waals surface area contributed by atoms with E-state index in [1.165, 1.54) is 7.11 Å². The summed E-state index contributed by atoms with van der Waals surface area (Å²) < 4.78 is 5.82. The number of nitrogens with two attached hydrogens (primary N) is 1. The van der Waals surface area contributed by atoms with E-state index >= 15 is 0 Å². The first kappa shape index (κ1) is 12.0. The SMILES string of the molecule is COC(=O)c1ccc(N)c(Sc2cccs2)c1. The fraction of sp³-hybridized carbons (Fsp3) is 0.0833. The molecule has 0 atom stereocenters. The number of hydrogen-bond acceptors (Lipinski definition) is 5. The van der Waals surface area contributed by atoms with Crippen LogP contribution >= 0.6 is 23.1 Å². The highest BCUT2D eigenvalue weighted by molar-refractivity contribution is 8.01. The standard InChI is InChI=1S/C12H11NO2S2/c1-15-12(14)8-4-5-9(13)10(7-8)17-11-3-2-6-16-11/h2-7H,13H2,1H3. The molecule has 0 radical (unpaired) electrons. The Bertz CT molecular complexity index is 523. The Morgan fingerprint density at radius 2 is 2.24 bits per heavy atom. The Labute approximate surface area is 108 Å². The van der Waals surface area contributed by atoms with Crippen LogP contribution in [0.1, 0.15) is 10.4 Å². The first-order chi connectivity index (χ1) is 8.20. The van der Waals surface area contributed by atoms with Gasteiger partial charge in [-0.1, -0.05) is 17.8 Å². The second-order valence-corrected chi connectivity index (χ2v) is 5.57. The smallest absolute Gasteiger partial charge is 0.337 e. The van der Waals surface area contributed by atoms with Crippen molar-refractivity contribution < 1.29 is 9.53 Å². The van der Waals surface area contributed by atoms with E-state index in [9.17, 15) is 4.79 Å². The normalized spacial score (nSPS) is 10.2. The van der Waals surface area contributed by atoms with Crippen molar-refractivity contribution >= 4 is 34.8 Å². The van der Waals surface area contributed by atoms with Gasteiger partial charge in [0, 0.05) is 10.6 Å². The predicted octanol–water partition coefficient (Wildman–Crippen LogP) is 3.27. The van der Waals surface area contributed by atoms with E-state index in [1.807, 2.05) is 17.5 Å². The van der Waals surface area contributed by atoms with Gasteiger partial charge in [-0.2, -0.15) is 0 Å². The third kappa shape index (κ3) is 2.81. The van der Waals surface area contributed by atoms with Crippen molar-refractivity contribution in [3.05, 3.63) is 41.3 Å². The number of thiophene rings is 1. The number of hydrogen-bond donors (Lipinski definition) is 1. The van der Waals surface area contributed by atoms with Crippen LogP contribution in [0.25, 0.3) is 0 Å². The Morgan fingerprint density at radius 1 is 1.41 bits per heavy atom. The van der Waals surface area contributed by atoms with Crippen LogP contribution in [0.5, 0.6) is 0 Å². The lowest BCUT2D eigenvalue weighted by Gasteiger charge is -2.06. The molecule has 0 fully saturated rings. The average molecular weight is 265 g/mol. The van der Waals surface area contributed by atoms with Crippen LogP contribution in [-0.4, -0.2) is 13.1 Å². The van der Waals surface area contributed by atoms with Crippen molar-refractivity contribution in [2.24, 2.45) is 0 Å². The van der Waals surface area contributed by atoms with Gasteiger partial charge in [-0.25, -0.2) is 4.79 Å². The van der Waals surface area contributed by atoms with Gasteiger partial charge in [0.05, 0.1) is 16.9 Å². The summed E-state index contributed by atoms with van der Waals surface area (Å²) in [5, 5.41) is 2.00. The molecule has 0 aliphatic carbocycles. The predicted molar refractivity (Wildman–Crippen MR) is 70.6 cm³/mol. The molecular weight excluding hydrogens is 254 g/mol. The zero-order valence-electron chi connectivity index (χ0n) is 9.17.